The number of benzene rings is 2. The van der Waals surface area contributed by atoms with E-state index in [1.165, 1.54) is 17.4 Å². The number of hydrogen-bond donors (Lipinski definition) is 0. The minimum atomic E-state index is -0.492. The number of carbonyl (C=O) groups excluding carboxylic acids is 2. The maximum absolute atomic E-state index is 14.7. The van der Waals surface area contributed by atoms with Crippen LogP contribution in [0.2, 0.25) is 0 Å². The van der Waals surface area contributed by atoms with Crippen LogP contribution in [0.15, 0.2) is 60.1 Å². The highest BCUT2D eigenvalue weighted by Crippen LogP contribution is 2.25. The molecule has 1 aromatic heterocycles. The van der Waals surface area contributed by atoms with Gasteiger partial charge in [-0.15, -0.1) is 11.3 Å². The van der Waals surface area contributed by atoms with E-state index in [2.05, 4.69) is 9.88 Å². The highest BCUT2D eigenvalue weighted by Gasteiger charge is 2.37. The number of aromatic nitrogens is 1. The van der Waals surface area contributed by atoms with E-state index in [9.17, 15) is 14.0 Å². The minimum absolute atomic E-state index is 0.0144. The summed E-state index contributed by atoms with van der Waals surface area (Å²) in [6, 6.07) is 14.6. The van der Waals surface area contributed by atoms with E-state index in [4.69, 9.17) is 0 Å². The predicted molar refractivity (Wildman–Crippen MR) is 121 cm³/mol. The molecule has 0 radical (unpaired) electrons. The Morgan fingerprint density at radius 1 is 0.906 bits per heavy atom. The lowest BCUT2D eigenvalue weighted by molar-refractivity contribution is 0.00831. The lowest BCUT2D eigenvalue weighted by Crippen LogP contribution is -2.64. The van der Waals surface area contributed by atoms with Crippen molar-refractivity contribution in [2.75, 3.05) is 39.3 Å². The average molecular weight is 451 g/mol. The third-order valence-electron chi connectivity index (χ3n) is 6.19. The van der Waals surface area contributed by atoms with Crippen molar-refractivity contribution in [2.45, 2.75) is 6.04 Å². The molecule has 32 heavy (non-hydrogen) atoms. The van der Waals surface area contributed by atoms with Gasteiger partial charge in [0.15, 0.2) is 5.01 Å². The predicted octanol–water partition coefficient (Wildman–Crippen LogP) is 3.23. The van der Waals surface area contributed by atoms with Gasteiger partial charge in [-0.05, 0) is 23.3 Å². The van der Waals surface area contributed by atoms with Gasteiger partial charge < -0.3 is 9.80 Å². The van der Waals surface area contributed by atoms with Crippen molar-refractivity contribution in [3.63, 3.8) is 0 Å². The number of piperazine rings is 1. The number of rotatable bonds is 4. The molecule has 0 bridgehead atoms. The molecule has 2 amide bonds. The van der Waals surface area contributed by atoms with Gasteiger partial charge in [-0.25, -0.2) is 9.37 Å². The Balaban J connectivity index is 1.15. The van der Waals surface area contributed by atoms with Crippen molar-refractivity contribution in [3.05, 3.63) is 76.5 Å². The van der Waals surface area contributed by atoms with E-state index < -0.39 is 5.82 Å². The van der Waals surface area contributed by atoms with Crippen LogP contribution in [0.4, 0.5) is 4.39 Å². The number of hydrogen-bond acceptors (Lipinski definition) is 5. The zero-order valence-electron chi connectivity index (χ0n) is 17.5. The molecule has 0 N–H and O–H groups in total. The molecule has 2 aliphatic rings. The Bertz CT molecular complexity index is 1110. The third kappa shape index (κ3) is 4.03. The molecule has 0 atom stereocenters. The molecule has 164 valence electrons. The number of likely N-dealkylation sites (tertiary alicyclic amines) is 1. The summed E-state index contributed by atoms with van der Waals surface area (Å²) in [6.45, 7) is 4.00. The summed E-state index contributed by atoms with van der Waals surface area (Å²) in [4.78, 5) is 35.2. The van der Waals surface area contributed by atoms with Crippen LogP contribution in [0.3, 0.4) is 0 Å². The van der Waals surface area contributed by atoms with Gasteiger partial charge in [0.25, 0.3) is 11.8 Å². The van der Waals surface area contributed by atoms with E-state index >= 15 is 0 Å². The van der Waals surface area contributed by atoms with E-state index in [1.54, 1.807) is 23.2 Å². The third-order valence-corrected chi connectivity index (χ3v) is 6.95. The summed E-state index contributed by atoms with van der Waals surface area (Å²) >= 11 is 1.36. The summed E-state index contributed by atoms with van der Waals surface area (Å²) in [5.74, 6) is -0.774. The van der Waals surface area contributed by atoms with Crippen molar-refractivity contribution in [3.8, 4) is 11.1 Å². The van der Waals surface area contributed by atoms with Crippen LogP contribution < -0.4 is 0 Å². The van der Waals surface area contributed by atoms with Gasteiger partial charge in [0.1, 0.15) is 5.82 Å². The highest BCUT2D eigenvalue weighted by atomic mass is 32.1. The lowest BCUT2D eigenvalue weighted by atomic mass is 10.0. The van der Waals surface area contributed by atoms with Gasteiger partial charge in [0.05, 0.1) is 5.56 Å². The number of halogens is 1. The molecule has 2 saturated heterocycles. The first-order valence-corrected chi connectivity index (χ1v) is 11.5. The van der Waals surface area contributed by atoms with E-state index in [0.29, 0.717) is 31.2 Å². The molecule has 3 heterocycles. The normalized spacial score (nSPS) is 17.3. The largest absolute Gasteiger partial charge is 0.335 e. The lowest BCUT2D eigenvalue weighted by Gasteiger charge is -2.48. The van der Waals surface area contributed by atoms with Crippen LogP contribution in [-0.2, 0) is 0 Å². The Morgan fingerprint density at radius 2 is 1.66 bits per heavy atom. The Labute approximate surface area is 189 Å². The van der Waals surface area contributed by atoms with E-state index in [-0.39, 0.29) is 23.4 Å². The first-order chi connectivity index (χ1) is 15.6. The molecule has 6 nitrogen and oxygen atoms in total. The van der Waals surface area contributed by atoms with Crippen molar-refractivity contribution >= 4 is 23.2 Å². The van der Waals surface area contributed by atoms with Gasteiger partial charge in [0, 0.05) is 56.9 Å². The van der Waals surface area contributed by atoms with Gasteiger partial charge in [-0.1, -0.05) is 36.4 Å². The zero-order chi connectivity index (χ0) is 22.1. The number of thiazole rings is 1. The summed E-state index contributed by atoms with van der Waals surface area (Å²) < 4.78 is 14.7. The van der Waals surface area contributed by atoms with Gasteiger partial charge in [0.2, 0.25) is 0 Å². The molecule has 8 heteroatoms. The van der Waals surface area contributed by atoms with E-state index in [1.807, 2.05) is 40.6 Å². The minimum Gasteiger partial charge on any atom is -0.335 e. The number of carbonyl (C=O) groups is 2. The summed E-state index contributed by atoms with van der Waals surface area (Å²) in [5, 5.41) is 2.33. The maximum Gasteiger partial charge on any atom is 0.282 e. The molecule has 2 aliphatic heterocycles. The molecular weight excluding hydrogens is 427 g/mol. The quantitative estimate of drug-likeness (QED) is 0.613. The second kappa shape index (κ2) is 8.80. The van der Waals surface area contributed by atoms with Gasteiger partial charge in [-0.3, -0.25) is 14.5 Å². The Hall–Kier alpha value is -3.10. The zero-order valence-corrected chi connectivity index (χ0v) is 18.3. The van der Waals surface area contributed by atoms with Crippen LogP contribution in [0.5, 0.6) is 0 Å². The number of amides is 2. The average Bonchev–Trinajstić information content (AvgIpc) is 3.33. The molecular formula is C24H23FN4O2S. The van der Waals surface area contributed by atoms with Gasteiger partial charge >= 0.3 is 0 Å². The fraction of sp³-hybridized carbons (Fsp3) is 0.292. The SMILES string of the molecule is O=C(c1nccs1)N1CCN(C2CN(C(=O)c3ccc(-c4ccccc4)cc3F)C2)CC1. The Kier molecular flexibility index (Phi) is 5.71. The fourth-order valence-electron chi connectivity index (χ4n) is 4.28. The first kappa shape index (κ1) is 20.8. The Morgan fingerprint density at radius 3 is 2.31 bits per heavy atom. The smallest absolute Gasteiger partial charge is 0.282 e. The maximum atomic E-state index is 14.7. The number of nitrogens with zero attached hydrogens (tertiary/aromatic N) is 4. The van der Waals surface area contributed by atoms with Crippen molar-refractivity contribution in [1.29, 1.82) is 0 Å². The molecule has 0 spiro atoms. The summed E-state index contributed by atoms with van der Waals surface area (Å²) in [6.07, 6.45) is 1.64. The highest BCUT2D eigenvalue weighted by molar-refractivity contribution is 7.11. The monoisotopic (exact) mass is 450 g/mol. The van der Waals surface area contributed by atoms with Gasteiger partial charge in [-0.2, -0.15) is 0 Å². The van der Waals surface area contributed by atoms with Crippen LogP contribution in [-0.4, -0.2) is 76.8 Å². The summed E-state index contributed by atoms with van der Waals surface area (Å²) in [7, 11) is 0. The van der Waals surface area contributed by atoms with Crippen molar-refractivity contribution < 1.29 is 14.0 Å². The fourth-order valence-corrected chi connectivity index (χ4v) is 4.88. The topological polar surface area (TPSA) is 56.8 Å². The van der Waals surface area contributed by atoms with Crippen LogP contribution >= 0.6 is 11.3 Å². The van der Waals surface area contributed by atoms with Crippen molar-refractivity contribution in [1.82, 2.24) is 19.7 Å². The molecule has 5 rings (SSSR count). The van der Waals surface area contributed by atoms with Crippen molar-refractivity contribution in [2.24, 2.45) is 0 Å². The van der Waals surface area contributed by atoms with E-state index in [0.717, 1.165) is 24.2 Å². The molecule has 0 aliphatic carbocycles. The molecule has 2 fully saturated rings. The summed E-state index contributed by atoms with van der Waals surface area (Å²) in [5.41, 5.74) is 1.79. The first-order valence-electron chi connectivity index (χ1n) is 10.7. The second-order valence-electron chi connectivity index (χ2n) is 8.09. The molecule has 2 aromatic carbocycles. The second-order valence-corrected chi connectivity index (χ2v) is 8.98. The van der Waals surface area contributed by atoms with Crippen LogP contribution in [0.1, 0.15) is 20.2 Å². The standard InChI is InChI=1S/C24H23FN4O2S/c25-21-14-18(17-4-2-1-3-5-17)6-7-20(21)23(30)29-15-19(16-29)27-9-11-28(12-10-27)24(31)22-26-8-13-32-22/h1-8,13-14,19H,9-12,15-16H2. The molecule has 0 unspecified atom stereocenters. The molecule has 3 aromatic rings. The van der Waals surface area contributed by atoms with Crippen LogP contribution in [0, 0.1) is 5.82 Å². The molecule has 0 saturated carbocycles. The van der Waals surface area contributed by atoms with Crippen LogP contribution in [0.25, 0.3) is 11.1 Å².